The second kappa shape index (κ2) is 7.40. The third-order valence-electron chi connectivity index (χ3n) is 6.42. The van der Waals surface area contributed by atoms with Gasteiger partial charge in [-0.25, -0.2) is 0 Å². The van der Waals surface area contributed by atoms with Gasteiger partial charge in [-0.3, -0.25) is 14.5 Å². The number of piperazine rings is 1. The smallest absolute Gasteiger partial charge is 0.236 e. The van der Waals surface area contributed by atoms with Crippen LogP contribution in [0.3, 0.4) is 0 Å². The molecule has 2 bridgehead atoms. The van der Waals surface area contributed by atoms with Gasteiger partial charge in [0.25, 0.3) is 0 Å². The molecule has 24 heavy (non-hydrogen) atoms. The summed E-state index contributed by atoms with van der Waals surface area (Å²) in [5.41, 5.74) is 6.32. The Balaban J connectivity index is 1.48. The van der Waals surface area contributed by atoms with Crippen molar-refractivity contribution in [3.63, 3.8) is 0 Å². The molecule has 0 aromatic carbocycles. The summed E-state index contributed by atoms with van der Waals surface area (Å²) in [5, 5.41) is 0. The highest BCUT2D eigenvalue weighted by Gasteiger charge is 2.50. The van der Waals surface area contributed by atoms with Gasteiger partial charge in [0, 0.05) is 45.3 Å². The van der Waals surface area contributed by atoms with E-state index in [-0.39, 0.29) is 23.8 Å². The largest absolute Gasteiger partial charge is 0.342 e. The fourth-order valence-corrected chi connectivity index (χ4v) is 4.91. The van der Waals surface area contributed by atoms with Crippen molar-refractivity contribution in [1.29, 1.82) is 0 Å². The van der Waals surface area contributed by atoms with E-state index in [9.17, 15) is 9.59 Å². The molecule has 1 saturated heterocycles. The topological polar surface area (TPSA) is 69.9 Å². The van der Waals surface area contributed by atoms with Crippen LogP contribution in [-0.2, 0) is 9.59 Å². The quantitative estimate of drug-likeness (QED) is 0.788. The maximum atomic E-state index is 12.9. The highest BCUT2D eigenvalue weighted by Crippen LogP contribution is 2.48. The summed E-state index contributed by atoms with van der Waals surface area (Å²) in [7, 11) is 0. The highest BCUT2D eigenvalue weighted by atomic mass is 16.2. The lowest BCUT2D eigenvalue weighted by Gasteiger charge is -2.38. The third kappa shape index (κ3) is 3.31. The predicted octanol–water partition coefficient (Wildman–Crippen LogP) is 0.372. The van der Waals surface area contributed by atoms with Crippen LogP contribution in [0.1, 0.15) is 33.1 Å². The van der Waals surface area contributed by atoms with Crippen LogP contribution in [0.4, 0.5) is 0 Å². The lowest BCUT2D eigenvalue weighted by molar-refractivity contribution is -0.140. The van der Waals surface area contributed by atoms with Gasteiger partial charge in [-0.15, -0.1) is 0 Å². The van der Waals surface area contributed by atoms with E-state index >= 15 is 0 Å². The summed E-state index contributed by atoms with van der Waals surface area (Å²) < 4.78 is 0. The average Bonchev–Trinajstić information content (AvgIpc) is 3.17. The zero-order valence-corrected chi connectivity index (χ0v) is 15.1. The predicted molar refractivity (Wildman–Crippen MR) is 93.2 cm³/mol. The zero-order chi connectivity index (χ0) is 17.3. The van der Waals surface area contributed by atoms with Gasteiger partial charge in [0.05, 0.1) is 12.5 Å². The molecule has 0 aromatic heterocycles. The van der Waals surface area contributed by atoms with Crippen LogP contribution in [0, 0.1) is 17.8 Å². The number of likely N-dealkylation sites (N-methyl/N-ethyl adjacent to an activating group) is 1. The summed E-state index contributed by atoms with van der Waals surface area (Å²) in [4.78, 5) is 31.1. The van der Waals surface area contributed by atoms with Gasteiger partial charge in [-0.1, -0.05) is 0 Å². The van der Waals surface area contributed by atoms with Crippen molar-refractivity contribution in [2.75, 3.05) is 45.8 Å². The number of fused-ring (bicyclic) bond motifs is 2. The lowest BCUT2D eigenvalue weighted by Crippen LogP contribution is -2.55. The van der Waals surface area contributed by atoms with Crippen LogP contribution in [0.5, 0.6) is 0 Å². The monoisotopic (exact) mass is 336 g/mol. The molecule has 4 atom stereocenters. The molecule has 0 radical (unpaired) electrons. The van der Waals surface area contributed by atoms with Crippen LogP contribution >= 0.6 is 0 Å². The first kappa shape index (κ1) is 17.7. The van der Waals surface area contributed by atoms with E-state index in [0.29, 0.717) is 18.4 Å². The van der Waals surface area contributed by atoms with E-state index in [2.05, 4.69) is 4.90 Å². The molecule has 6 nitrogen and oxygen atoms in total. The Morgan fingerprint density at radius 2 is 1.67 bits per heavy atom. The first-order valence-electron chi connectivity index (χ1n) is 9.59. The summed E-state index contributed by atoms with van der Waals surface area (Å²) >= 11 is 0. The van der Waals surface area contributed by atoms with Crippen molar-refractivity contribution in [3.05, 3.63) is 0 Å². The van der Waals surface area contributed by atoms with Crippen molar-refractivity contribution >= 4 is 11.8 Å². The molecule has 2 saturated carbocycles. The molecule has 1 heterocycles. The molecular weight excluding hydrogens is 304 g/mol. The van der Waals surface area contributed by atoms with Gasteiger partial charge in [0.1, 0.15) is 0 Å². The second-order valence-electron chi connectivity index (χ2n) is 7.60. The van der Waals surface area contributed by atoms with Crippen molar-refractivity contribution in [2.24, 2.45) is 23.5 Å². The Hall–Kier alpha value is -1.14. The summed E-state index contributed by atoms with van der Waals surface area (Å²) in [6.45, 7) is 9.04. The minimum Gasteiger partial charge on any atom is -0.342 e. The molecule has 2 amide bonds. The molecule has 1 aliphatic heterocycles. The van der Waals surface area contributed by atoms with E-state index in [1.54, 1.807) is 0 Å². The molecule has 0 spiro atoms. The zero-order valence-electron chi connectivity index (χ0n) is 15.1. The van der Waals surface area contributed by atoms with Gasteiger partial charge >= 0.3 is 0 Å². The van der Waals surface area contributed by atoms with Crippen molar-refractivity contribution < 1.29 is 9.59 Å². The van der Waals surface area contributed by atoms with Gasteiger partial charge < -0.3 is 15.5 Å². The Morgan fingerprint density at radius 1 is 1.04 bits per heavy atom. The molecule has 6 heteroatoms. The lowest BCUT2D eigenvalue weighted by atomic mass is 9.84. The van der Waals surface area contributed by atoms with Crippen LogP contribution in [0.15, 0.2) is 0 Å². The Kier molecular flexibility index (Phi) is 5.45. The van der Waals surface area contributed by atoms with E-state index in [4.69, 9.17) is 5.73 Å². The van der Waals surface area contributed by atoms with Crippen molar-refractivity contribution in [1.82, 2.24) is 14.7 Å². The summed E-state index contributed by atoms with van der Waals surface area (Å²) in [6, 6.07) is 0.0681. The van der Waals surface area contributed by atoms with Gasteiger partial charge in [-0.2, -0.15) is 0 Å². The van der Waals surface area contributed by atoms with Gasteiger partial charge in [-0.05, 0) is 44.9 Å². The number of rotatable bonds is 5. The van der Waals surface area contributed by atoms with E-state index in [1.807, 2.05) is 23.6 Å². The van der Waals surface area contributed by atoms with Crippen LogP contribution < -0.4 is 5.73 Å². The number of hydrogen-bond donors (Lipinski definition) is 1. The highest BCUT2D eigenvalue weighted by molar-refractivity contribution is 5.81. The molecule has 3 fully saturated rings. The van der Waals surface area contributed by atoms with E-state index in [0.717, 1.165) is 45.7 Å². The number of hydrogen-bond acceptors (Lipinski definition) is 4. The number of nitrogens with two attached hydrogens (primary N) is 1. The number of carbonyl (C=O) groups is 2. The Bertz CT molecular complexity index is 470. The second-order valence-corrected chi connectivity index (χ2v) is 7.60. The Labute approximate surface area is 145 Å². The number of amides is 2. The molecule has 3 rings (SSSR count). The number of carbonyl (C=O) groups excluding carboxylic acids is 2. The minimum atomic E-state index is 0.0487. The van der Waals surface area contributed by atoms with Crippen LogP contribution in [0.25, 0.3) is 0 Å². The van der Waals surface area contributed by atoms with Crippen molar-refractivity contribution in [3.8, 4) is 0 Å². The molecule has 2 aliphatic carbocycles. The first-order valence-corrected chi connectivity index (χ1v) is 9.59. The van der Waals surface area contributed by atoms with Gasteiger partial charge in [0.15, 0.2) is 0 Å². The normalized spacial score (nSPS) is 33.0. The van der Waals surface area contributed by atoms with Crippen LogP contribution in [0.2, 0.25) is 0 Å². The maximum absolute atomic E-state index is 12.9. The molecule has 3 aliphatic rings. The average molecular weight is 336 g/mol. The van der Waals surface area contributed by atoms with Gasteiger partial charge in [0.2, 0.25) is 11.8 Å². The first-order chi connectivity index (χ1) is 11.5. The molecule has 0 aromatic rings. The van der Waals surface area contributed by atoms with E-state index < -0.39 is 0 Å². The number of nitrogens with zero attached hydrogens (tertiary/aromatic N) is 3. The summed E-state index contributed by atoms with van der Waals surface area (Å²) in [6.07, 6.45) is 3.53. The fourth-order valence-electron chi connectivity index (χ4n) is 4.91. The minimum absolute atomic E-state index is 0.0487. The molecule has 4 unspecified atom stereocenters. The van der Waals surface area contributed by atoms with Crippen molar-refractivity contribution in [2.45, 2.75) is 39.2 Å². The SMILES string of the molecule is CCN(CC)C(=O)CN1CCN(C(=O)C2C3CCC(C3)C2N)CC1. The third-order valence-corrected chi connectivity index (χ3v) is 6.42. The Morgan fingerprint density at radius 3 is 2.21 bits per heavy atom. The molecule has 2 N–H and O–H groups in total. The summed E-state index contributed by atoms with van der Waals surface area (Å²) in [5.74, 6) is 1.59. The molecular formula is C18H32N4O2. The standard InChI is InChI=1S/C18H32N4O2/c1-3-21(4-2)15(23)12-20-7-9-22(10-8-20)18(24)16-13-5-6-14(11-13)17(16)19/h13-14,16-17H,3-12,19H2,1-2H3. The van der Waals surface area contributed by atoms with E-state index in [1.165, 1.54) is 12.8 Å². The molecule has 136 valence electrons. The van der Waals surface area contributed by atoms with Crippen LogP contribution in [-0.4, -0.2) is 78.4 Å². The maximum Gasteiger partial charge on any atom is 0.236 e. The fraction of sp³-hybridized carbons (Fsp3) is 0.889.